The number of nitrogens with one attached hydrogen (secondary N) is 2. The van der Waals surface area contributed by atoms with Gasteiger partial charge in [0.05, 0.1) is 17.8 Å². The van der Waals surface area contributed by atoms with Gasteiger partial charge in [0.15, 0.2) is 0 Å². The van der Waals surface area contributed by atoms with Crippen LogP contribution in [0.1, 0.15) is 51.1 Å². The Kier molecular flexibility index (Phi) is 6.58. The first-order valence-corrected chi connectivity index (χ1v) is 10.0. The predicted molar refractivity (Wildman–Crippen MR) is 106 cm³/mol. The summed E-state index contributed by atoms with van der Waals surface area (Å²) in [5.74, 6) is 0.107. The summed E-state index contributed by atoms with van der Waals surface area (Å²) in [5.41, 5.74) is 2.55. The Labute approximate surface area is 163 Å². The molecule has 0 radical (unpaired) electrons. The molecule has 0 atom stereocenters. The number of aromatic nitrogens is 1. The molecule has 0 bridgehead atoms. The summed E-state index contributed by atoms with van der Waals surface area (Å²) in [6.45, 7) is 3.91. The summed E-state index contributed by atoms with van der Waals surface area (Å²) in [6.07, 6.45) is 3.11. The smallest absolute Gasteiger partial charge is 0.305 e. The summed E-state index contributed by atoms with van der Waals surface area (Å²) >= 11 is 1.51. The van der Waals surface area contributed by atoms with Gasteiger partial charge in [0.25, 0.3) is 5.91 Å². The fourth-order valence-corrected chi connectivity index (χ4v) is 4.29. The van der Waals surface area contributed by atoms with E-state index < -0.39 is 0 Å². The first-order valence-electron chi connectivity index (χ1n) is 9.22. The zero-order valence-corrected chi connectivity index (χ0v) is 16.5. The molecule has 1 aliphatic rings. The van der Waals surface area contributed by atoms with Crippen LogP contribution in [0, 0.1) is 6.92 Å². The van der Waals surface area contributed by atoms with Gasteiger partial charge in [-0.3, -0.25) is 9.59 Å². The highest BCUT2D eigenvalue weighted by atomic mass is 32.1. The number of methoxy groups -OCH3 is 1. The average Bonchev–Trinajstić information content (AvgIpc) is 3.09. The van der Waals surface area contributed by atoms with Gasteiger partial charge in [-0.2, -0.15) is 0 Å². The molecule has 0 saturated carbocycles. The molecule has 27 heavy (non-hydrogen) atoms. The Morgan fingerprint density at radius 2 is 1.96 bits per heavy atom. The molecule has 1 aromatic heterocycles. The third kappa shape index (κ3) is 5.14. The van der Waals surface area contributed by atoms with Crippen LogP contribution in [0.3, 0.4) is 0 Å². The molecule has 6 nitrogen and oxygen atoms in total. The maximum atomic E-state index is 12.7. The molecule has 0 aliphatic carbocycles. The number of ether oxygens (including phenoxy) is 1. The van der Waals surface area contributed by atoms with Crippen molar-refractivity contribution in [1.29, 1.82) is 0 Å². The van der Waals surface area contributed by atoms with Crippen molar-refractivity contribution in [3.63, 3.8) is 0 Å². The third-order valence-corrected chi connectivity index (χ3v) is 6.08. The predicted octanol–water partition coefficient (Wildman–Crippen LogP) is 3.28. The molecule has 2 aromatic rings. The van der Waals surface area contributed by atoms with E-state index in [1.807, 2.05) is 31.2 Å². The molecule has 3 rings (SSSR count). The standard InChI is InChI=1S/C20H25N3O3S/c1-13-18(27-20(22-13)15-9-11-21-12-10-15)19(25)23-16-6-3-14(4-7-16)5-8-17(24)26-2/h3-4,6-7,15,21H,5,8-12H2,1-2H3,(H,23,25). The van der Waals surface area contributed by atoms with Crippen LogP contribution in [0.15, 0.2) is 24.3 Å². The molecule has 1 aliphatic heterocycles. The van der Waals surface area contributed by atoms with E-state index in [-0.39, 0.29) is 11.9 Å². The number of aryl methyl sites for hydroxylation is 2. The van der Waals surface area contributed by atoms with Gasteiger partial charge >= 0.3 is 5.97 Å². The number of hydrogen-bond acceptors (Lipinski definition) is 6. The Bertz CT molecular complexity index is 795. The number of piperidine rings is 1. The van der Waals surface area contributed by atoms with Crippen LogP contribution in [-0.2, 0) is 16.0 Å². The van der Waals surface area contributed by atoms with Gasteiger partial charge in [-0.15, -0.1) is 11.3 Å². The first-order chi connectivity index (χ1) is 13.1. The molecule has 7 heteroatoms. The number of amides is 1. The number of hydrogen-bond donors (Lipinski definition) is 2. The van der Waals surface area contributed by atoms with E-state index in [1.54, 1.807) is 0 Å². The van der Waals surface area contributed by atoms with Crippen molar-refractivity contribution >= 4 is 28.9 Å². The van der Waals surface area contributed by atoms with Crippen molar-refractivity contribution in [3.05, 3.63) is 45.4 Å². The number of thiazole rings is 1. The molecular weight excluding hydrogens is 362 g/mol. The highest BCUT2D eigenvalue weighted by molar-refractivity contribution is 7.14. The van der Waals surface area contributed by atoms with Crippen molar-refractivity contribution in [3.8, 4) is 0 Å². The first kappa shape index (κ1) is 19.5. The number of anilines is 1. The molecule has 2 heterocycles. The van der Waals surface area contributed by atoms with Gasteiger partial charge in [-0.05, 0) is 57.0 Å². The van der Waals surface area contributed by atoms with Crippen molar-refractivity contribution in [2.75, 3.05) is 25.5 Å². The van der Waals surface area contributed by atoms with E-state index >= 15 is 0 Å². The van der Waals surface area contributed by atoms with Gasteiger partial charge in [-0.1, -0.05) is 12.1 Å². The fourth-order valence-electron chi connectivity index (χ4n) is 3.16. The average molecular weight is 388 g/mol. The molecule has 144 valence electrons. The topological polar surface area (TPSA) is 80.3 Å². The minimum atomic E-state index is -0.224. The molecule has 0 unspecified atom stereocenters. The molecule has 0 spiro atoms. The summed E-state index contributed by atoms with van der Waals surface area (Å²) < 4.78 is 4.65. The summed E-state index contributed by atoms with van der Waals surface area (Å²) in [5, 5.41) is 7.37. The van der Waals surface area contributed by atoms with Crippen LogP contribution in [-0.4, -0.2) is 37.1 Å². The number of esters is 1. The normalized spacial score (nSPS) is 14.7. The lowest BCUT2D eigenvalue weighted by atomic mass is 9.99. The van der Waals surface area contributed by atoms with Gasteiger partial charge in [0, 0.05) is 18.0 Å². The molecular formula is C20H25N3O3S. The van der Waals surface area contributed by atoms with Crippen molar-refractivity contribution in [2.45, 2.75) is 38.5 Å². The van der Waals surface area contributed by atoms with Crippen LogP contribution in [0.2, 0.25) is 0 Å². The quantitative estimate of drug-likeness (QED) is 0.744. The van der Waals surface area contributed by atoms with Crippen LogP contribution < -0.4 is 10.6 Å². The zero-order chi connectivity index (χ0) is 19.2. The second-order valence-electron chi connectivity index (χ2n) is 6.72. The van der Waals surface area contributed by atoms with E-state index in [1.165, 1.54) is 18.4 Å². The Balaban J connectivity index is 1.61. The maximum Gasteiger partial charge on any atom is 0.305 e. The third-order valence-electron chi connectivity index (χ3n) is 4.77. The van der Waals surface area contributed by atoms with Gasteiger partial charge in [0.1, 0.15) is 4.88 Å². The second kappa shape index (κ2) is 9.10. The zero-order valence-electron chi connectivity index (χ0n) is 15.7. The van der Waals surface area contributed by atoms with E-state index in [9.17, 15) is 9.59 Å². The van der Waals surface area contributed by atoms with E-state index in [4.69, 9.17) is 0 Å². The number of nitrogens with zero attached hydrogens (tertiary/aromatic N) is 1. The summed E-state index contributed by atoms with van der Waals surface area (Å²) in [6, 6.07) is 7.54. The molecule has 2 N–H and O–H groups in total. The number of carbonyl (C=O) groups excluding carboxylic acids is 2. The van der Waals surface area contributed by atoms with E-state index in [2.05, 4.69) is 20.4 Å². The van der Waals surface area contributed by atoms with E-state index in [0.717, 1.165) is 47.9 Å². The summed E-state index contributed by atoms with van der Waals surface area (Å²) in [4.78, 5) is 29.2. The molecule has 1 aromatic carbocycles. The minimum Gasteiger partial charge on any atom is -0.469 e. The van der Waals surface area contributed by atoms with Crippen LogP contribution in [0.5, 0.6) is 0 Å². The molecule has 1 fully saturated rings. The molecule has 1 saturated heterocycles. The fraction of sp³-hybridized carbons (Fsp3) is 0.450. The minimum absolute atomic E-state index is 0.118. The van der Waals surface area contributed by atoms with Gasteiger partial charge in [-0.25, -0.2) is 4.98 Å². The van der Waals surface area contributed by atoms with Crippen LogP contribution >= 0.6 is 11.3 Å². The monoisotopic (exact) mass is 387 g/mol. The lowest BCUT2D eigenvalue weighted by Gasteiger charge is -2.20. The van der Waals surface area contributed by atoms with Crippen LogP contribution in [0.25, 0.3) is 0 Å². The van der Waals surface area contributed by atoms with Crippen molar-refractivity contribution in [1.82, 2.24) is 10.3 Å². The number of rotatable bonds is 6. The number of benzene rings is 1. The van der Waals surface area contributed by atoms with Crippen molar-refractivity contribution < 1.29 is 14.3 Å². The second-order valence-corrected chi connectivity index (χ2v) is 7.75. The Morgan fingerprint density at radius 1 is 1.26 bits per heavy atom. The lowest BCUT2D eigenvalue weighted by Crippen LogP contribution is -2.26. The van der Waals surface area contributed by atoms with Crippen molar-refractivity contribution in [2.24, 2.45) is 0 Å². The Morgan fingerprint density at radius 3 is 2.63 bits per heavy atom. The van der Waals surface area contributed by atoms with Gasteiger partial charge < -0.3 is 15.4 Å². The Hall–Kier alpha value is -2.25. The van der Waals surface area contributed by atoms with E-state index in [0.29, 0.717) is 23.6 Å². The van der Waals surface area contributed by atoms with Gasteiger partial charge in [0.2, 0.25) is 0 Å². The summed E-state index contributed by atoms with van der Waals surface area (Å²) in [7, 11) is 1.39. The maximum absolute atomic E-state index is 12.7. The largest absolute Gasteiger partial charge is 0.469 e. The SMILES string of the molecule is COC(=O)CCc1ccc(NC(=O)c2sc(C3CCNCC3)nc2C)cc1. The number of carbonyl (C=O) groups is 2. The molecule has 1 amide bonds. The highest BCUT2D eigenvalue weighted by Crippen LogP contribution is 2.31. The van der Waals surface area contributed by atoms with Crippen LogP contribution in [0.4, 0.5) is 5.69 Å². The highest BCUT2D eigenvalue weighted by Gasteiger charge is 2.22. The lowest BCUT2D eigenvalue weighted by molar-refractivity contribution is -0.140.